The highest BCUT2D eigenvalue weighted by atomic mass is 16.2. The Morgan fingerprint density at radius 2 is 1.95 bits per heavy atom. The molecular weight excluding hydrogens is 254 g/mol. The van der Waals surface area contributed by atoms with Crippen LogP contribution in [-0.4, -0.2) is 24.4 Å². The van der Waals surface area contributed by atoms with Crippen LogP contribution in [0.15, 0.2) is 24.3 Å². The van der Waals surface area contributed by atoms with E-state index in [9.17, 15) is 9.59 Å². The summed E-state index contributed by atoms with van der Waals surface area (Å²) in [5.41, 5.74) is 7.44. The summed E-state index contributed by atoms with van der Waals surface area (Å²) in [5.74, 6) is 0.00681. The number of rotatable bonds is 4. The maximum absolute atomic E-state index is 11.7. The fourth-order valence-corrected chi connectivity index (χ4v) is 2.29. The van der Waals surface area contributed by atoms with Crippen LogP contribution in [0.5, 0.6) is 0 Å². The van der Waals surface area contributed by atoms with Crippen molar-refractivity contribution in [2.45, 2.75) is 38.8 Å². The van der Waals surface area contributed by atoms with Crippen molar-refractivity contribution in [1.29, 1.82) is 0 Å². The van der Waals surface area contributed by atoms with Gasteiger partial charge in [0.25, 0.3) is 0 Å². The standard InChI is InChI=1S/C15H21N3O2/c1-10(16)15(20)17-11(2)12-5-7-13(8-6-12)18-9-3-4-14(18)19/h5-8,10-11H,3-4,9,16H2,1-2H3,(H,17,20)/t10-,11?/m0/s1. The molecule has 0 saturated carbocycles. The Morgan fingerprint density at radius 1 is 1.30 bits per heavy atom. The molecule has 1 aromatic carbocycles. The fourth-order valence-electron chi connectivity index (χ4n) is 2.29. The van der Waals surface area contributed by atoms with Crippen LogP contribution in [0.4, 0.5) is 5.69 Å². The number of nitrogens with one attached hydrogen (secondary N) is 1. The summed E-state index contributed by atoms with van der Waals surface area (Å²) in [4.78, 5) is 25.0. The number of carbonyl (C=O) groups is 2. The normalized spacial score (nSPS) is 17.9. The second kappa shape index (κ2) is 6.05. The van der Waals surface area contributed by atoms with E-state index < -0.39 is 6.04 Å². The van der Waals surface area contributed by atoms with Crippen molar-refractivity contribution in [3.8, 4) is 0 Å². The van der Waals surface area contributed by atoms with E-state index in [1.165, 1.54) is 0 Å². The third-order valence-corrected chi connectivity index (χ3v) is 3.55. The van der Waals surface area contributed by atoms with Gasteiger partial charge < -0.3 is 16.0 Å². The first-order valence-corrected chi connectivity index (χ1v) is 6.95. The van der Waals surface area contributed by atoms with E-state index >= 15 is 0 Å². The summed E-state index contributed by atoms with van der Waals surface area (Å²) in [6.45, 7) is 4.36. The predicted octanol–water partition coefficient (Wildman–Crippen LogP) is 1.34. The summed E-state index contributed by atoms with van der Waals surface area (Å²) in [7, 11) is 0. The van der Waals surface area contributed by atoms with E-state index in [4.69, 9.17) is 5.73 Å². The molecule has 0 spiro atoms. The van der Waals surface area contributed by atoms with Crippen LogP contribution in [-0.2, 0) is 9.59 Å². The number of nitrogens with two attached hydrogens (primary N) is 1. The van der Waals surface area contributed by atoms with E-state index in [0.29, 0.717) is 6.42 Å². The fraction of sp³-hybridized carbons (Fsp3) is 0.467. The molecule has 20 heavy (non-hydrogen) atoms. The van der Waals surface area contributed by atoms with E-state index in [1.54, 1.807) is 11.8 Å². The SMILES string of the molecule is CC(NC(=O)[C@H](C)N)c1ccc(N2CCCC2=O)cc1. The van der Waals surface area contributed by atoms with Crippen molar-refractivity contribution in [2.75, 3.05) is 11.4 Å². The number of hydrogen-bond donors (Lipinski definition) is 2. The number of amides is 2. The van der Waals surface area contributed by atoms with Crippen LogP contribution in [0, 0.1) is 0 Å². The molecular formula is C15H21N3O2. The first-order valence-electron chi connectivity index (χ1n) is 6.95. The smallest absolute Gasteiger partial charge is 0.237 e. The van der Waals surface area contributed by atoms with Crippen LogP contribution < -0.4 is 16.0 Å². The van der Waals surface area contributed by atoms with Crippen LogP contribution in [0.3, 0.4) is 0 Å². The van der Waals surface area contributed by atoms with Crippen molar-refractivity contribution in [3.05, 3.63) is 29.8 Å². The highest BCUT2D eigenvalue weighted by Gasteiger charge is 2.21. The largest absolute Gasteiger partial charge is 0.348 e. The lowest BCUT2D eigenvalue weighted by atomic mass is 10.1. The van der Waals surface area contributed by atoms with Crippen molar-refractivity contribution < 1.29 is 9.59 Å². The lowest BCUT2D eigenvalue weighted by Gasteiger charge is -2.19. The summed E-state index contributed by atoms with van der Waals surface area (Å²) in [5, 5.41) is 2.85. The molecule has 3 N–H and O–H groups in total. The van der Waals surface area contributed by atoms with Gasteiger partial charge in [0.15, 0.2) is 0 Å². The maximum atomic E-state index is 11.7. The van der Waals surface area contributed by atoms with Crippen LogP contribution in [0.1, 0.15) is 38.3 Å². The molecule has 1 unspecified atom stereocenters. The Balaban J connectivity index is 2.04. The van der Waals surface area contributed by atoms with Gasteiger partial charge >= 0.3 is 0 Å². The monoisotopic (exact) mass is 275 g/mol. The Labute approximate surface area is 119 Å². The van der Waals surface area contributed by atoms with Gasteiger partial charge in [-0.05, 0) is 38.0 Å². The molecule has 0 bridgehead atoms. The minimum Gasteiger partial charge on any atom is -0.348 e. The van der Waals surface area contributed by atoms with Crippen molar-refractivity contribution >= 4 is 17.5 Å². The number of hydrogen-bond acceptors (Lipinski definition) is 3. The van der Waals surface area contributed by atoms with Crippen molar-refractivity contribution in [2.24, 2.45) is 5.73 Å². The Morgan fingerprint density at radius 3 is 2.45 bits per heavy atom. The molecule has 1 aliphatic rings. The molecule has 2 amide bonds. The third kappa shape index (κ3) is 3.17. The van der Waals surface area contributed by atoms with E-state index in [0.717, 1.165) is 24.2 Å². The molecule has 1 saturated heterocycles. The summed E-state index contributed by atoms with van der Waals surface area (Å²) >= 11 is 0. The van der Waals surface area contributed by atoms with E-state index in [1.807, 2.05) is 31.2 Å². The van der Waals surface area contributed by atoms with Crippen LogP contribution >= 0.6 is 0 Å². The number of anilines is 1. The van der Waals surface area contributed by atoms with Gasteiger partial charge in [0.05, 0.1) is 12.1 Å². The minimum absolute atomic E-state index is 0.100. The molecule has 0 aromatic heterocycles. The summed E-state index contributed by atoms with van der Waals surface area (Å²) in [6, 6.07) is 7.11. The Hall–Kier alpha value is -1.88. The Bertz CT molecular complexity index is 496. The van der Waals surface area contributed by atoms with Gasteiger partial charge in [-0.15, -0.1) is 0 Å². The summed E-state index contributed by atoms with van der Waals surface area (Å²) in [6.07, 6.45) is 1.55. The van der Waals surface area contributed by atoms with Gasteiger partial charge in [0.1, 0.15) is 0 Å². The molecule has 2 atom stereocenters. The first kappa shape index (κ1) is 14.5. The van der Waals surface area contributed by atoms with Gasteiger partial charge in [-0.25, -0.2) is 0 Å². The number of benzene rings is 1. The topological polar surface area (TPSA) is 75.4 Å². The quantitative estimate of drug-likeness (QED) is 0.870. The molecule has 1 heterocycles. The predicted molar refractivity (Wildman–Crippen MR) is 78.2 cm³/mol. The van der Waals surface area contributed by atoms with E-state index in [2.05, 4.69) is 5.32 Å². The van der Waals surface area contributed by atoms with Crippen LogP contribution in [0.25, 0.3) is 0 Å². The second-order valence-electron chi connectivity index (χ2n) is 5.26. The van der Waals surface area contributed by atoms with Gasteiger partial charge in [-0.2, -0.15) is 0 Å². The maximum Gasteiger partial charge on any atom is 0.237 e. The number of carbonyl (C=O) groups excluding carboxylic acids is 2. The minimum atomic E-state index is -0.515. The first-order chi connectivity index (χ1) is 9.49. The van der Waals surface area contributed by atoms with Crippen molar-refractivity contribution in [3.63, 3.8) is 0 Å². The average Bonchev–Trinajstić information content (AvgIpc) is 2.85. The lowest BCUT2D eigenvalue weighted by Crippen LogP contribution is -2.39. The summed E-state index contributed by atoms with van der Waals surface area (Å²) < 4.78 is 0. The molecule has 1 aliphatic heterocycles. The zero-order valence-electron chi connectivity index (χ0n) is 11.9. The molecule has 108 valence electrons. The highest BCUT2D eigenvalue weighted by molar-refractivity contribution is 5.95. The van der Waals surface area contributed by atoms with Crippen molar-refractivity contribution in [1.82, 2.24) is 5.32 Å². The molecule has 5 nitrogen and oxygen atoms in total. The molecule has 0 radical (unpaired) electrons. The highest BCUT2D eigenvalue weighted by Crippen LogP contribution is 2.23. The van der Waals surface area contributed by atoms with Gasteiger partial charge in [-0.3, -0.25) is 9.59 Å². The second-order valence-corrected chi connectivity index (χ2v) is 5.26. The van der Waals surface area contributed by atoms with E-state index in [-0.39, 0.29) is 17.9 Å². The molecule has 1 fully saturated rings. The van der Waals surface area contributed by atoms with Gasteiger partial charge in [0, 0.05) is 18.7 Å². The molecule has 5 heteroatoms. The molecule has 0 aliphatic carbocycles. The lowest BCUT2D eigenvalue weighted by molar-refractivity contribution is -0.122. The number of nitrogens with zero attached hydrogens (tertiary/aromatic N) is 1. The third-order valence-electron chi connectivity index (χ3n) is 3.55. The van der Waals surface area contributed by atoms with Gasteiger partial charge in [-0.1, -0.05) is 12.1 Å². The Kier molecular flexibility index (Phi) is 4.39. The molecule has 1 aromatic rings. The van der Waals surface area contributed by atoms with Crippen LogP contribution in [0.2, 0.25) is 0 Å². The zero-order chi connectivity index (χ0) is 14.7. The van der Waals surface area contributed by atoms with Gasteiger partial charge in [0.2, 0.25) is 11.8 Å². The molecule has 2 rings (SSSR count). The average molecular weight is 275 g/mol. The zero-order valence-corrected chi connectivity index (χ0v) is 11.9.